The van der Waals surface area contributed by atoms with Crippen molar-refractivity contribution in [1.29, 1.82) is 0 Å². The van der Waals surface area contributed by atoms with E-state index in [9.17, 15) is 0 Å². The van der Waals surface area contributed by atoms with Crippen molar-refractivity contribution >= 4 is 55.8 Å². The second kappa shape index (κ2) is 3.79. The molecule has 3 heteroatoms. The summed E-state index contributed by atoms with van der Waals surface area (Å²) in [5.41, 5.74) is 1.42. The van der Waals surface area contributed by atoms with Crippen LogP contribution in [0.2, 0.25) is 0 Å². The molecule has 0 spiro atoms. The highest BCUT2D eigenvalue weighted by atomic mass is 127. The van der Waals surface area contributed by atoms with Crippen LogP contribution < -0.4 is 0 Å². The minimum Gasteiger partial charge on any atom is -0.143 e. The Balaban J connectivity index is 2.83. The van der Waals surface area contributed by atoms with Gasteiger partial charge in [-0.3, -0.25) is 0 Å². The Bertz CT molecular complexity index is 445. The summed E-state index contributed by atoms with van der Waals surface area (Å²) in [6, 6.07) is 4.48. The monoisotopic (exact) mass is 320 g/mol. The van der Waals surface area contributed by atoms with Gasteiger partial charge in [0.2, 0.25) is 0 Å². The normalized spacial score (nSPS) is 11.0. The summed E-state index contributed by atoms with van der Waals surface area (Å²) < 4.78 is 2.84. The van der Waals surface area contributed by atoms with E-state index in [1.54, 1.807) is 0 Å². The van der Waals surface area contributed by atoms with E-state index in [1.807, 2.05) is 23.1 Å². The van der Waals surface area contributed by atoms with Crippen LogP contribution in [0.4, 0.5) is 0 Å². The van der Waals surface area contributed by atoms with Crippen LogP contribution in [0.15, 0.2) is 22.4 Å². The predicted octanol–water partition coefficient (Wildman–Crippen LogP) is 4.54. The van der Waals surface area contributed by atoms with Crippen LogP contribution >= 0.6 is 45.7 Å². The van der Waals surface area contributed by atoms with E-state index in [-0.39, 0.29) is 0 Å². The number of thioether (sulfide) groups is 1. The second-order valence-corrected chi connectivity index (χ2v) is 5.70. The fraction of sp³-hybridized carbons (Fsp3) is 0.200. The van der Waals surface area contributed by atoms with Crippen molar-refractivity contribution in [2.24, 2.45) is 0 Å². The summed E-state index contributed by atoms with van der Waals surface area (Å²) in [4.78, 5) is 1.40. The minimum absolute atomic E-state index is 1.38. The average molecular weight is 320 g/mol. The summed E-state index contributed by atoms with van der Waals surface area (Å²) in [5.74, 6) is 0. The van der Waals surface area contributed by atoms with Gasteiger partial charge >= 0.3 is 0 Å². The Morgan fingerprint density at radius 2 is 2.23 bits per heavy atom. The van der Waals surface area contributed by atoms with Crippen LogP contribution in [0.1, 0.15) is 5.56 Å². The van der Waals surface area contributed by atoms with E-state index in [0.717, 1.165) is 0 Å². The number of halogens is 1. The number of rotatable bonds is 1. The van der Waals surface area contributed by atoms with Crippen molar-refractivity contribution in [1.82, 2.24) is 0 Å². The van der Waals surface area contributed by atoms with Gasteiger partial charge in [0.1, 0.15) is 0 Å². The van der Waals surface area contributed by atoms with Gasteiger partial charge in [0.25, 0.3) is 0 Å². The van der Waals surface area contributed by atoms with E-state index in [2.05, 4.69) is 53.3 Å². The fourth-order valence-corrected chi connectivity index (χ4v) is 4.04. The smallest absolute Gasteiger partial charge is 0.0479 e. The van der Waals surface area contributed by atoms with Gasteiger partial charge in [0, 0.05) is 13.2 Å². The van der Waals surface area contributed by atoms with Crippen LogP contribution in [0.25, 0.3) is 10.1 Å². The third kappa shape index (κ3) is 1.62. The molecule has 0 aliphatic rings. The van der Waals surface area contributed by atoms with Crippen LogP contribution in [0.5, 0.6) is 0 Å². The van der Waals surface area contributed by atoms with Crippen molar-refractivity contribution < 1.29 is 0 Å². The first-order valence-corrected chi connectivity index (χ1v) is 7.12. The van der Waals surface area contributed by atoms with E-state index < -0.39 is 0 Å². The molecule has 0 aliphatic heterocycles. The molecular formula is C10H9IS2. The lowest BCUT2D eigenvalue weighted by atomic mass is 10.2. The van der Waals surface area contributed by atoms with Gasteiger partial charge in [-0.05, 0) is 64.2 Å². The third-order valence-electron chi connectivity index (χ3n) is 2.10. The zero-order chi connectivity index (χ0) is 9.42. The molecule has 68 valence electrons. The highest BCUT2D eigenvalue weighted by Gasteiger charge is 2.07. The topological polar surface area (TPSA) is 0 Å². The molecule has 0 nitrogen and oxygen atoms in total. The van der Waals surface area contributed by atoms with Crippen molar-refractivity contribution in [3.8, 4) is 0 Å². The van der Waals surface area contributed by atoms with Gasteiger partial charge in [0.05, 0.1) is 0 Å². The molecule has 0 saturated heterocycles. The maximum atomic E-state index is 2.45. The molecule has 2 rings (SSSR count). The van der Waals surface area contributed by atoms with E-state index in [0.29, 0.717) is 0 Å². The molecule has 0 amide bonds. The molecule has 0 radical (unpaired) electrons. The molecule has 0 unspecified atom stereocenters. The van der Waals surface area contributed by atoms with Gasteiger partial charge in [-0.2, -0.15) is 0 Å². The van der Waals surface area contributed by atoms with Gasteiger partial charge in [-0.1, -0.05) is 0 Å². The molecular weight excluding hydrogens is 311 g/mol. The molecule has 1 aromatic carbocycles. The Morgan fingerprint density at radius 3 is 2.92 bits per heavy atom. The number of hydrogen-bond acceptors (Lipinski definition) is 2. The van der Waals surface area contributed by atoms with E-state index in [1.165, 1.54) is 24.1 Å². The minimum atomic E-state index is 1.38. The molecule has 0 atom stereocenters. The first-order chi connectivity index (χ1) is 6.24. The van der Waals surface area contributed by atoms with Crippen LogP contribution in [0, 0.1) is 10.5 Å². The maximum Gasteiger partial charge on any atom is 0.0479 e. The first-order valence-electron chi connectivity index (χ1n) is 3.94. The average Bonchev–Trinajstić information content (AvgIpc) is 2.59. The quantitative estimate of drug-likeness (QED) is 0.549. The molecule has 0 aliphatic carbocycles. The SMILES string of the molecule is CSc1cc2ccsc2c(I)c1C. The number of benzene rings is 1. The highest BCUT2D eigenvalue weighted by molar-refractivity contribution is 14.1. The number of thiophene rings is 1. The molecule has 13 heavy (non-hydrogen) atoms. The summed E-state index contributed by atoms with van der Waals surface area (Å²) in [5, 5.41) is 3.54. The van der Waals surface area contributed by atoms with Gasteiger partial charge in [-0.25, -0.2) is 0 Å². The molecule has 0 N–H and O–H groups in total. The zero-order valence-corrected chi connectivity index (χ0v) is 11.2. The lowest BCUT2D eigenvalue weighted by Crippen LogP contribution is -1.84. The van der Waals surface area contributed by atoms with E-state index in [4.69, 9.17) is 0 Å². The third-order valence-corrected chi connectivity index (χ3v) is 5.63. The van der Waals surface area contributed by atoms with Gasteiger partial charge in [-0.15, -0.1) is 23.1 Å². The molecule has 0 fully saturated rings. The Kier molecular flexibility index (Phi) is 2.86. The Morgan fingerprint density at radius 1 is 1.46 bits per heavy atom. The molecule has 0 saturated carbocycles. The lowest BCUT2D eigenvalue weighted by molar-refractivity contribution is 1.31. The van der Waals surface area contributed by atoms with Gasteiger partial charge in [0.15, 0.2) is 0 Å². The maximum absolute atomic E-state index is 2.45. The molecule has 2 aromatic rings. The zero-order valence-electron chi connectivity index (χ0n) is 7.43. The van der Waals surface area contributed by atoms with Crippen LogP contribution in [0.3, 0.4) is 0 Å². The molecule has 0 bridgehead atoms. The van der Waals surface area contributed by atoms with Crippen molar-refractivity contribution in [2.75, 3.05) is 6.26 Å². The number of hydrogen-bond donors (Lipinski definition) is 0. The Labute approximate surface area is 99.9 Å². The summed E-state index contributed by atoms with van der Waals surface area (Å²) in [6.07, 6.45) is 2.14. The van der Waals surface area contributed by atoms with E-state index >= 15 is 0 Å². The van der Waals surface area contributed by atoms with Crippen molar-refractivity contribution in [3.63, 3.8) is 0 Å². The summed E-state index contributed by atoms with van der Waals surface area (Å²) in [6.45, 7) is 2.20. The van der Waals surface area contributed by atoms with Gasteiger partial charge < -0.3 is 0 Å². The van der Waals surface area contributed by atoms with Crippen molar-refractivity contribution in [2.45, 2.75) is 11.8 Å². The Hall–Kier alpha value is 0.260. The summed E-state index contributed by atoms with van der Waals surface area (Å²) in [7, 11) is 0. The fourth-order valence-electron chi connectivity index (χ4n) is 1.35. The number of fused-ring (bicyclic) bond motifs is 1. The largest absolute Gasteiger partial charge is 0.143 e. The first kappa shape index (κ1) is 9.80. The summed E-state index contributed by atoms with van der Waals surface area (Å²) >= 11 is 6.10. The van der Waals surface area contributed by atoms with Crippen molar-refractivity contribution in [3.05, 3.63) is 26.6 Å². The highest BCUT2D eigenvalue weighted by Crippen LogP contribution is 2.34. The lowest BCUT2D eigenvalue weighted by Gasteiger charge is -2.05. The molecule has 1 heterocycles. The standard InChI is InChI=1S/C10H9IS2/c1-6-8(12-2)5-7-3-4-13-10(7)9(6)11/h3-5H,1-2H3. The second-order valence-electron chi connectivity index (χ2n) is 2.86. The van der Waals surface area contributed by atoms with Crippen LogP contribution in [-0.4, -0.2) is 6.26 Å². The van der Waals surface area contributed by atoms with Crippen LogP contribution in [-0.2, 0) is 0 Å². The predicted molar refractivity (Wildman–Crippen MR) is 71.1 cm³/mol. The molecule has 1 aromatic heterocycles.